The Morgan fingerprint density at radius 3 is 2.28 bits per heavy atom. The smallest absolute Gasteiger partial charge is 0.379 e. The molecule has 1 rings (SSSR count). The van der Waals surface area contributed by atoms with E-state index in [-0.39, 0.29) is 6.61 Å². The number of hydrogen-bond donors (Lipinski definition) is 0. The summed E-state index contributed by atoms with van der Waals surface area (Å²) < 4.78 is 4.75. The van der Waals surface area contributed by atoms with Crippen LogP contribution in [0.1, 0.15) is 31.1 Å². The Morgan fingerprint density at radius 2 is 1.72 bits per heavy atom. The normalized spacial score (nSPS) is 9.94. The highest BCUT2D eigenvalue weighted by Gasteiger charge is 2.22. The first-order valence-corrected chi connectivity index (χ1v) is 6.21. The van der Waals surface area contributed by atoms with Crippen molar-refractivity contribution in [2.75, 3.05) is 24.6 Å². The highest BCUT2D eigenvalue weighted by Crippen LogP contribution is 2.21. The zero-order valence-corrected chi connectivity index (χ0v) is 11.1. The van der Waals surface area contributed by atoms with Crippen LogP contribution >= 0.6 is 0 Å². The Labute approximate surface area is 108 Å². The zero-order chi connectivity index (χ0) is 13.5. The Balaban J connectivity index is 3.08. The first-order chi connectivity index (χ1) is 8.65. The first-order valence-electron chi connectivity index (χ1n) is 6.21. The molecule has 0 saturated carbocycles. The van der Waals surface area contributed by atoms with Crippen LogP contribution in [0.25, 0.3) is 0 Å². The lowest BCUT2D eigenvalue weighted by Gasteiger charge is -2.23. The van der Waals surface area contributed by atoms with Crippen LogP contribution in [0.4, 0.5) is 5.69 Å². The van der Waals surface area contributed by atoms with E-state index in [0.717, 1.165) is 18.8 Å². The SMILES string of the molecule is CCOC(=O)C(=O)c1ccccc1N(CC)CC. The van der Waals surface area contributed by atoms with Crippen molar-refractivity contribution in [3.63, 3.8) is 0 Å². The average molecular weight is 249 g/mol. The van der Waals surface area contributed by atoms with Crippen molar-refractivity contribution < 1.29 is 14.3 Å². The van der Waals surface area contributed by atoms with Crippen molar-refractivity contribution in [2.24, 2.45) is 0 Å². The lowest BCUT2D eigenvalue weighted by atomic mass is 10.1. The predicted molar refractivity (Wildman–Crippen MR) is 71.0 cm³/mol. The third kappa shape index (κ3) is 3.09. The predicted octanol–water partition coefficient (Wildman–Crippen LogP) is 2.28. The molecule has 0 aliphatic carbocycles. The van der Waals surface area contributed by atoms with E-state index in [1.54, 1.807) is 19.1 Å². The molecule has 0 atom stereocenters. The van der Waals surface area contributed by atoms with Crippen molar-refractivity contribution in [3.05, 3.63) is 29.8 Å². The molecule has 0 aliphatic rings. The van der Waals surface area contributed by atoms with Crippen molar-refractivity contribution in [1.82, 2.24) is 0 Å². The Hall–Kier alpha value is -1.84. The number of para-hydroxylation sites is 1. The van der Waals surface area contributed by atoms with E-state index < -0.39 is 11.8 Å². The van der Waals surface area contributed by atoms with Crippen LogP contribution in [-0.4, -0.2) is 31.4 Å². The number of ether oxygens (including phenoxy) is 1. The van der Waals surface area contributed by atoms with Gasteiger partial charge in [-0.15, -0.1) is 0 Å². The maximum absolute atomic E-state index is 12.0. The van der Waals surface area contributed by atoms with E-state index in [0.29, 0.717) is 5.56 Å². The topological polar surface area (TPSA) is 46.6 Å². The van der Waals surface area contributed by atoms with E-state index in [1.165, 1.54) is 0 Å². The fraction of sp³-hybridized carbons (Fsp3) is 0.429. The standard InChI is InChI=1S/C14H19NO3/c1-4-15(5-2)12-10-8-7-9-11(12)13(16)14(17)18-6-3/h7-10H,4-6H2,1-3H3. The summed E-state index contributed by atoms with van der Waals surface area (Å²) in [6.07, 6.45) is 0. The number of anilines is 1. The molecule has 0 saturated heterocycles. The largest absolute Gasteiger partial charge is 0.460 e. The number of Topliss-reactive ketones (excluding diaryl/α,β-unsaturated/α-hetero) is 1. The molecule has 0 amide bonds. The molecule has 0 fully saturated rings. The zero-order valence-electron chi connectivity index (χ0n) is 11.1. The quantitative estimate of drug-likeness (QED) is 0.441. The van der Waals surface area contributed by atoms with Gasteiger partial charge in [0.15, 0.2) is 0 Å². The molecule has 0 N–H and O–H groups in total. The van der Waals surface area contributed by atoms with Gasteiger partial charge in [-0.1, -0.05) is 12.1 Å². The molecule has 0 spiro atoms. The fourth-order valence-electron chi connectivity index (χ4n) is 1.81. The maximum Gasteiger partial charge on any atom is 0.379 e. The van der Waals surface area contributed by atoms with Crippen molar-refractivity contribution in [2.45, 2.75) is 20.8 Å². The minimum atomic E-state index is -0.794. The van der Waals surface area contributed by atoms with Gasteiger partial charge in [0.25, 0.3) is 5.78 Å². The number of carbonyl (C=O) groups excluding carboxylic acids is 2. The van der Waals surface area contributed by atoms with Crippen molar-refractivity contribution in [3.8, 4) is 0 Å². The number of esters is 1. The second-order valence-corrected chi connectivity index (χ2v) is 3.74. The Bertz CT molecular complexity index is 425. The van der Waals surface area contributed by atoms with Gasteiger partial charge in [0.1, 0.15) is 0 Å². The molecule has 0 radical (unpaired) electrons. The monoisotopic (exact) mass is 249 g/mol. The molecule has 0 aromatic heterocycles. The lowest BCUT2D eigenvalue weighted by molar-refractivity contribution is -0.137. The van der Waals surface area contributed by atoms with E-state index in [4.69, 9.17) is 4.74 Å². The van der Waals surface area contributed by atoms with Gasteiger partial charge < -0.3 is 9.64 Å². The number of benzene rings is 1. The van der Waals surface area contributed by atoms with E-state index >= 15 is 0 Å². The molecule has 0 heterocycles. The molecule has 0 aliphatic heterocycles. The van der Waals surface area contributed by atoms with Gasteiger partial charge >= 0.3 is 5.97 Å². The summed E-state index contributed by atoms with van der Waals surface area (Å²) in [4.78, 5) is 25.5. The highest BCUT2D eigenvalue weighted by atomic mass is 16.5. The number of ketones is 1. The van der Waals surface area contributed by atoms with Crippen LogP contribution in [0, 0.1) is 0 Å². The van der Waals surface area contributed by atoms with Gasteiger partial charge in [0, 0.05) is 18.8 Å². The summed E-state index contributed by atoms with van der Waals surface area (Å²) in [7, 11) is 0. The molecular formula is C14H19NO3. The number of carbonyl (C=O) groups is 2. The van der Waals surface area contributed by atoms with Gasteiger partial charge in [-0.05, 0) is 32.9 Å². The number of hydrogen-bond acceptors (Lipinski definition) is 4. The van der Waals surface area contributed by atoms with Gasteiger partial charge in [0.2, 0.25) is 0 Å². The fourth-order valence-corrected chi connectivity index (χ4v) is 1.81. The third-order valence-corrected chi connectivity index (χ3v) is 2.71. The van der Waals surface area contributed by atoms with Crippen LogP contribution in [0.15, 0.2) is 24.3 Å². The summed E-state index contributed by atoms with van der Waals surface area (Å²) >= 11 is 0. The maximum atomic E-state index is 12.0. The molecule has 0 bridgehead atoms. The summed E-state index contributed by atoms with van der Waals surface area (Å²) in [6, 6.07) is 7.11. The van der Waals surface area contributed by atoms with Crippen LogP contribution in [0.5, 0.6) is 0 Å². The minimum absolute atomic E-state index is 0.206. The molecule has 1 aromatic carbocycles. The van der Waals surface area contributed by atoms with Crippen LogP contribution in [-0.2, 0) is 9.53 Å². The second-order valence-electron chi connectivity index (χ2n) is 3.74. The highest BCUT2D eigenvalue weighted by molar-refractivity contribution is 6.41. The van der Waals surface area contributed by atoms with Gasteiger partial charge in [-0.25, -0.2) is 4.79 Å². The molecular weight excluding hydrogens is 230 g/mol. The molecule has 4 heteroatoms. The molecule has 4 nitrogen and oxygen atoms in total. The van der Waals surface area contributed by atoms with Crippen LogP contribution in [0.2, 0.25) is 0 Å². The Kier molecular flexibility index (Phi) is 5.36. The van der Waals surface area contributed by atoms with Crippen molar-refractivity contribution >= 4 is 17.4 Å². The number of rotatable bonds is 6. The molecule has 98 valence electrons. The average Bonchev–Trinajstić information content (AvgIpc) is 2.40. The number of nitrogens with zero attached hydrogens (tertiary/aromatic N) is 1. The third-order valence-electron chi connectivity index (χ3n) is 2.71. The summed E-state index contributed by atoms with van der Waals surface area (Å²) in [6.45, 7) is 7.47. The Morgan fingerprint density at radius 1 is 1.11 bits per heavy atom. The summed E-state index contributed by atoms with van der Waals surface area (Å²) in [5.74, 6) is -1.38. The lowest BCUT2D eigenvalue weighted by Crippen LogP contribution is -2.26. The summed E-state index contributed by atoms with van der Waals surface area (Å²) in [5.41, 5.74) is 1.18. The van der Waals surface area contributed by atoms with E-state index in [2.05, 4.69) is 0 Å². The molecule has 18 heavy (non-hydrogen) atoms. The first kappa shape index (κ1) is 14.2. The van der Waals surface area contributed by atoms with Crippen LogP contribution < -0.4 is 4.90 Å². The summed E-state index contributed by atoms with van der Waals surface area (Å²) in [5, 5.41) is 0. The van der Waals surface area contributed by atoms with Gasteiger partial charge in [0.05, 0.1) is 12.2 Å². The van der Waals surface area contributed by atoms with E-state index in [9.17, 15) is 9.59 Å². The van der Waals surface area contributed by atoms with Gasteiger partial charge in [-0.3, -0.25) is 4.79 Å². The van der Waals surface area contributed by atoms with Crippen molar-refractivity contribution in [1.29, 1.82) is 0 Å². The minimum Gasteiger partial charge on any atom is -0.460 e. The second kappa shape index (κ2) is 6.79. The van der Waals surface area contributed by atoms with E-state index in [1.807, 2.05) is 30.9 Å². The van der Waals surface area contributed by atoms with Gasteiger partial charge in [-0.2, -0.15) is 0 Å². The molecule has 0 unspecified atom stereocenters. The molecule has 1 aromatic rings. The van der Waals surface area contributed by atoms with Crippen LogP contribution in [0.3, 0.4) is 0 Å².